The Morgan fingerprint density at radius 1 is 0.939 bits per heavy atom. The Morgan fingerprint density at radius 2 is 1.42 bits per heavy atom. The van der Waals surface area contributed by atoms with Gasteiger partial charge in [0.1, 0.15) is 0 Å². The van der Waals surface area contributed by atoms with Crippen LogP contribution in [-0.2, 0) is 15.8 Å². The van der Waals surface area contributed by atoms with Crippen molar-refractivity contribution >= 4 is 23.8 Å². The van der Waals surface area contributed by atoms with Gasteiger partial charge >= 0.3 is 6.18 Å². The molecule has 0 radical (unpaired) electrons. The third kappa shape index (κ3) is 6.65. The topological polar surface area (TPSA) is 40.6 Å². The summed E-state index contributed by atoms with van der Waals surface area (Å²) in [6.07, 6.45) is -0.775. The summed E-state index contributed by atoms with van der Waals surface area (Å²) >= 11 is 0. The van der Waals surface area contributed by atoms with Gasteiger partial charge in [-0.1, -0.05) is 42.0 Å². The zero-order chi connectivity index (χ0) is 24.2. The van der Waals surface area contributed by atoms with E-state index in [9.17, 15) is 22.8 Å². The zero-order valence-corrected chi connectivity index (χ0v) is 18.9. The molecule has 1 fully saturated rings. The number of aryl methyl sites for hydroxylation is 1. The van der Waals surface area contributed by atoms with Gasteiger partial charge in [-0.2, -0.15) is 13.2 Å². The van der Waals surface area contributed by atoms with E-state index >= 15 is 0 Å². The molecule has 174 valence electrons. The van der Waals surface area contributed by atoms with Gasteiger partial charge in [0.05, 0.1) is 5.56 Å². The molecule has 0 unspecified atom stereocenters. The molecule has 1 amide bonds. The first-order valence-electron chi connectivity index (χ1n) is 10.7. The minimum absolute atomic E-state index is 0.0793. The Morgan fingerprint density at radius 3 is 1.88 bits per heavy atom. The van der Waals surface area contributed by atoms with Crippen LogP contribution in [0.4, 0.5) is 13.2 Å². The second kappa shape index (κ2) is 10.2. The first-order chi connectivity index (χ1) is 15.5. The molecule has 4 nitrogen and oxygen atoms in total. The second-order valence-electron chi connectivity index (χ2n) is 8.50. The average Bonchev–Trinajstić information content (AvgIpc) is 2.76. The highest BCUT2D eigenvalue weighted by Gasteiger charge is 2.31. The predicted octanol–water partition coefficient (Wildman–Crippen LogP) is 4.84. The number of rotatable bonds is 5. The van der Waals surface area contributed by atoms with Crippen molar-refractivity contribution in [3.8, 4) is 0 Å². The van der Waals surface area contributed by atoms with Gasteiger partial charge in [-0.15, -0.1) is 0 Å². The third-order valence-electron chi connectivity index (χ3n) is 5.43. The molecule has 33 heavy (non-hydrogen) atoms. The zero-order valence-electron chi connectivity index (χ0n) is 18.9. The van der Waals surface area contributed by atoms with Crippen LogP contribution in [0.5, 0.6) is 0 Å². The van der Waals surface area contributed by atoms with Crippen molar-refractivity contribution < 1.29 is 22.8 Å². The number of ketones is 1. The number of Topliss-reactive ketones (excluding diaryl/α,β-unsaturated/α-hetero) is 1. The van der Waals surface area contributed by atoms with Crippen LogP contribution in [0.15, 0.2) is 59.7 Å². The van der Waals surface area contributed by atoms with E-state index in [4.69, 9.17) is 0 Å². The highest BCUT2D eigenvalue weighted by molar-refractivity contribution is 6.15. The Bertz CT molecular complexity index is 1070. The molecule has 2 aromatic carbocycles. The first kappa shape index (κ1) is 24.5. The molecule has 1 heterocycles. The van der Waals surface area contributed by atoms with Crippen LogP contribution in [-0.4, -0.2) is 55.2 Å². The normalized spacial score (nSPS) is 17.3. The van der Waals surface area contributed by atoms with Crippen molar-refractivity contribution in [2.24, 2.45) is 0 Å². The number of hydrogen-bond acceptors (Lipinski definition) is 3. The summed E-state index contributed by atoms with van der Waals surface area (Å²) in [5.41, 5.74) is 2.51. The van der Waals surface area contributed by atoms with Crippen LogP contribution in [0.3, 0.4) is 0 Å². The standard InChI is InChI=1S/C26H27F3N2O2/c1-18-4-6-19(7-5-18)14-21-16-31(24(32)12-13-30(2)3)17-22(25(21)33)15-20-8-10-23(11-9-20)26(27,28)29/h4-11,14-15H,12-13,16-17H2,1-3H3/b21-14+,22-15+. The summed E-state index contributed by atoms with van der Waals surface area (Å²) in [6, 6.07) is 12.3. The van der Waals surface area contributed by atoms with Crippen LogP contribution in [0.25, 0.3) is 12.2 Å². The number of amides is 1. The Kier molecular flexibility index (Phi) is 7.53. The molecule has 7 heteroatoms. The maximum atomic E-state index is 13.2. The third-order valence-corrected chi connectivity index (χ3v) is 5.43. The summed E-state index contributed by atoms with van der Waals surface area (Å²) in [6.45, 7) is 2.87. The molecule has 1 saturated heterocycles. The number of piperidine rings is 1. The largest absolute Gasteiger partial charge is 0.416 e. The number of nitrogens with zero attached hydrogens (tertiary/aromatic N) is 2. The van der Waals surface area contributed by atoms with E-state index in [1.54, 1.807) is 17.1 Å². The Balaban J connectivity index is 1.93. The van der Waals surface area contributed by atoms with Gasteiger partial charge in [0.2, 0.25) is 5.91 Å². The fraction of sp³-hybridized carbons (Fsp3) is 0.308. The van der Waals surface area contributed by atoms with Crippen molar-refractivity contribution in [1.82, 2.24) is 9.80 Å². The molecule has 1 aliphatic rings. The summed E-state index contributed by atoms with van der Waals surface area (Å²) in [5, 5.41) is 0. The predicted molar refractivity (Wildman–Crippen MR) is 123 cm³/mol. The van der Waals surface area contributed by atoms with Crippen molar-refractivity contribution in [2.45, 2.75) is 19.5 Å². The highest BCUT2D eigenvalue weighted by Crippen LogP contribution is 2.30. The summed E-state index contributed by atoms with van der Waals surface area (Å²) in [7, 11) is 3.76. The maximum Gasteiger partial charge on any atom is 0.416 e. The molecule has 0 aliphatic carbocycles. The number of carbonyl (C=O) groups excluding carboxylic acids is 2. The van der Waals surface area contributed by atoms with Crippen molar-refractivity contribution in [1.29, 1.82) is 0 Å². The van der Waals surface area contributed by atoms with E-state index in [0.29, 0.717) is 29.7 Å². The van der Waals surface area contributed by atoms with Gasteiger partial charge in [-0.25, -0.2) is 0 Å². The van der Waals surface area contributed by atoms with Gasteiger partial charge in [-0.05, 0) is 56.4 Å². The highest BCUT2D eigenvalue weighted by atomic mass is 19.4. The summed E-state index contributed by atoms with van der Waals surface area (Å²) < 4.78 is 38.6. The number of halogens is 3. The summed E-state index contributed by atoms with van der Waals surface area (Å²) in [4.78, 5) is 29.5. The lowest BCUT2D eigenvalue weighted by atomic mass is 9.93. The van der Waals surface area contributed by atoms with Crippen LogP contribution in [0.1, 0.15) is 28.7 Å². The van der Waals surface area contributed by atoms with Crippen molar-refractivity contribution in [3.05, 3.63) is 81.9 Å². The quantitative estimate of drug-likeness (QED) is 0.605. The lowest BCUT2D eigenvalue weighted by molar-refractivity contribution is -0.137. The number of benzene rings is 2. The smallest absolute Gasteiger partial charge is 0.334 e. The first-order valence-corrected chi connectivity index (χ1v) is 10.7. The molecule has 0 bridgehead atoms. The number of hydrogen-bond donors (Lipinski definition) is 0. The van der Waals surface area contributed by atoms with Gasteiger partial charge in [-0.3, -0.25) is 9.59 Å². The van der Waals surface area contributed by atoms with Crippen molar-refractivity contribution in [3.63, 3.8) is 0 Å². The molecule has 0 atom stereocenters. The van der Waals surface area contributed by atoms with Crippen LogP contribution in [0, 0.1) is 6.92 Å². The minimum atomic E-state index is -4.42. The van der Waals surface area contributed by atoms with Crippen LogP contribution < -0.4 is 0 Å². The van der Waals surface area contributed by atoms with E-state index in [0.717, 1.165) is 23.3 Å². The summed E-state index contributed by atoms with van der Waals surface area (Å²) in [5.74, 6) is -0.281. The molecule has 1 aliphatic heterocycles. The van der Waals surface area contributed by atoms with Gasteiger partial charge in [0.25, 0.3) is 0 Å². The lowest BCUT2D eigenvalue weighted by Gasteiger charge is -2.30. The van der Waals surface area contributed by atoms with E-state index in [1.165, 1.54) is 12.1 Å². The lowest BCUT2D eigenvalue weighted by Crippen LogP contribution is -2.42. The SMILES string of the molecule is Cc1ccc(/C=C2\CN(C(=O)CCN(C)C)C/C(=C\c3ccc(C(F)(F)F)cc3)C2=O)cc1. The molecule has 0 aromatic heterocycles. The number of alkyl halides is 3. The molecule has 2 aromatic rings. The molecule has 0 N–H and O–H groups in total. The average molecular weight is 457 g/mol. The fourth-order valence-corrected chi connectivity index (χ4v) is 3.53. The molecular weight excluding hydrogens is 429 g/mol. The van der Waals surface area contributed by atoms with Gasteiger partial charge < -0.3 is 9.80 Å². The molecule has 0 spiro atoms. The molecule has 0 saturated carbocycles. The van der Waals surface area contributed by atoms with Crippen LogP contribution in [0.2, 0.25) is 0 Å². The fourth-order valence-electron chi connectivity index (χ4n) is 3.53. The number of carbonyl (C=O) groups is 2. The minimum Gasteiger partial charge on any atom is -0.334 e. The van der Waals surface area contributed by atoms with E-state index in [2.05, 4.69) is 0 Å². The van der Waals surface area contributed by atoms with E-state index in [1.807, 2.05) is 50.2 Å². The second-order valence-corrected chi connectivity index (χ2v) is 8.50. The van der Waals surface area contributed by atoms with Gasteiger partial charge in [0, 0.05) is 37.2 Å². The van der Waals surface area contributed by atoms with Crippen molar-refractivity contribution in [2.75, 3.05) is 33.7 Å². The van der Waals surface area contributed by atoms with E-state index in [-0.39, 0.29) is 24.8 Å². The number of likely N-dealkylation sites (tertiary alicyclic amines) is 1. The maximum absolute atomic E-state index is 13.2. The van der Waals surface area contributed by atoms with E-state index < -0.39 is 11.7 Å². The van der Waals surface area contributed by atoms with Crippen LogP contribution >= 0.6 is 0 Å². The van der Waals surface area contributed by atoms with Gasteiger partial charge in [0.15, 0.2) is 5.78 Å². The molecule has 3 rings (SSSR count). The molecular formula is C26H27F3N2O2. The Hall–Kier alpha value is -3.19. The monoisotopic (exact) mass is 456 g/mol. The Labute approximate surface area is 192 Å².